The predicted molar refractivity (Wildman–Crippen MR) is 57.1 cm³/mol. The first-order valence-corrected chi connectivity index (χ1v) is 5.44. The van der Waals surface area contributed by atoms with Crippen molar-refractivity contribution < 1.29 is 9.53 Å². The summed E-state index contributed by atoms with van der Waals surface area (Å²) in [5, 5.41) is 2.85. The van der Waals surface area contributed by atoms with Crippen LogP contribution >= 0.6 is 15.9 Å². The Balaban J connectivity index is 3.57. The molecule has 0 fully saturated rings. The van der Waals surface area contributed by atoms with E-state index in [0.29, 0.717) is 19.1 Å². The van der Waals surface area contributed by atoms with Crippen LogP contribution in [0.3, 0.4) is 0 Å². The van der Waals surface area contributed by atoms with E-state index in [9.17, 15) is 4.79 Å². The molecule has 4 heteroatoms. The Morgan fingerprint density at radius 3 is 2.69 bits per heavy atom. The smallest absolute Gasteiger partial charge is 0.233 e. The normalized spacial score (nSPS) is 15.1. The average molecular weight is 252 g/mol. The number of carbonyl (C=O) groups is 1. The van der Waals surface area contributed by atoms with Gasteiger partial charge in [0.2, 0.25) is 5.91 Å². The Morgan fingerprint density at radius 2 is 2.23 bits per heavy atom. The third kappa shape index (κ3) is 6.05. The molecule has 3 nitrogen and oxygen atoms in total. The quantitative estimate of drug-likeness (QED) is 0.728. The minimum atomic E-state index is -0.0674. The number of hydrogen-bond donors (Lipinski definition) is 1. The number of alkyl halides is 1. The zero-order valence-electron chi connectivity index (χ0n) is 8.47. The second-order valence-electron chi connectivity index (χ2n) is 3.18. The molecule has 0 saturated heterocycles. The standard InChI is InChI=1S/C9H18BrNO2/c1-4-8(10)9(12)11-5-7(2)6-13-3/h7-8H,4-6H2,1-3H3,(H,11,12). The van der Waals surface area contributed by atoms with Gasteiger partial charge in [-0.1, -0.05) is 29.8 Å². The lowest BCUT2D eigenvalue weighted by atomic mass is 10.2. The summed E-state index contributed by atoms with van der Waals surface area (Å²) >= 11 is 3.29. The van der Waals surface area contributed by atoms with Crippen LogP contribution in [-0.4, -0.2) is 31.0 Å². The second-order valence-corrected chi connectivity index (χ2v) is 4.29. The van der Waals surface area contributed by atoms with Crippen LogP contribution in [0.1, 0.15) is 20.3 Å². The summed E-state index contributed by atoms with van der Waals surface area (Å²) in [5.74, 6) is 0.427. The van der Waals surface area contributed by atoms with E-state index < -0.39 is 0 Å². The monoisotopic (exact) mass is 251 g/mol. The molecule has 0 rings (SSSR count). The lowest BCUT2D eigenvalue weighted by Gasteiger charge is -2.13. The number of rotatable bonds is 6. The van der Waals surface area contributed by atoms with Crippen molar-refractivity contribution in [2.75, 3.05) is 20.3 Å². The molecule has 0 spiro atoms. The number of halogens is 1. The minimum Gasteiger partial charge on any atom is -0.384 e. The number of carbonyl (C=O) groups excluding carboxylic acids is 1. The van der Waals surface area contributed by atoms with E-state index >= 15 is 0 Å². The Bertz CT molecular complexity index is 153. The molecule has 0 bridgehead atoms. The molecule has 0 heterocycles. The molecule has 1 amide bonds. The van der Waals surface area contributed by atoms with Gasteiger partial charge in [0.05, 0.1) is 11.4 Å². The summed E-state index contributed by atoms with van der Waals surface area (Å²) in [6, 6.07) is 0. The molecule has 0 saturated carbocycles. The maximum absolute atomic E-state index is 11.3. The van der Waals surface area contributed by atoms with Gasteiger partial charge < -0.3 is 10.1 Å². The largest absolute Gasteiger partial charge is 0.384 e. The summed E-state index contributed by atoms with van der Waals surface area (Å²) < 4.78 is 4.96. The predicted octanol–water partition coefficient (Wildman–Crippen LogP) is 1.56. The summed E-state index contributed by atoms with van der Waals surface area (Å²) in [6.07, 6.45) is 0.810. The van der Waals surface area contributed by atoms with Crippen LogP contribution < -0.4 is 5.32 Å². The lowest BCUT2D eigenvalue weighted by molar-refractivity contribution is -0.120. The van der Waals surface area contributed by atoms with Crippen molar-refractivity contribution in [3.63, 3.8) is 0 Å². The van der Waals surface area contributed by atoms with Crippen molar-refractivity contribution >= 4 is 21.8 Å². The summed E-state index contributed by atoms with van der Waals surface area (Å²) in [4.78, 5) is 11.2. The molecule has 78 valence electrons. The lowest BCUT2D eigenvalue weighted by Crippen LogP contribution is -2.34. The van der Waals surface area contributed by atoms with Crippen LogP contribution in [0.25, 0.3) is 0 Å². The van der Waals surface area contributed by atoms with E-state index in [0.717, 1.165) is 6.42 Å². The molecule has 2 unspecified atom stereocenters. The third-order valence-electron chi connectivity index (χ3n) is 1.72. The van der Waals surface area contributed by atoms with Gasteiger partial charge in [0.25, 0.3) is 0 Å². The van der Waals surface area contributed by atoms with Crippen LogP contribution in [0.2, 0.25) is 0 Å². The molecule has 0 aliphatic heterocycles. The third-order valence-corrected chi connectivity index (χ3v) is 2.78. The molecule has 0 aromatic carbocycles. The number of amides is 1. The van der Waals surface area contributed by atoms with Crippen LogP contribution in [0.5, 0.6) is 0 Å². The maximum atomic E-state index is 11.3. The van der Waals surface area contributed by atoms with E-state index in [1.165, 1.54) is 0 Å². The highest BCUT2D eigenvalue weighted by molar-refractivity contribution is 9.10. The minimum absolute atomic E-state index is 0.0606. The molecule has 13 heavy (non-hydrogen) atoms. The maximum Gasteiger partial charge on any atom is 0.233 e. The van der Waals surface area contributed by atoms with Gasteiger partial charge in [-0.2, -0.15) is 0 Å². The van der Waals surface area contributed by atoms with Crippen molar-refractivity contribution in [2.45, 2.75) is 25.1 Å². The molecule has 1 N–H and O–H groups in total. The van der Waals surface area contributed by atoms with Gasteiger partial charge in [-0.25, -0.2) is 0 Å². The highest BCUT2D eigenvalue weighted by Gasteiger charge is 2.12. The molecule has 0 aromatic rings. The van der Waals surface area contributed by atoms with Crippen LogP contribution in [-0.2, 0) is 9.53 Å². The molecular formula is C9H18BrNO2. The van der Waals surface area contributed by atoms with E-state index in [-0.39, 0.29) is 10.7 Å². The van der Waals surface area contributed by atoms with Gasteiger partial charge in [-0.05, 0) is 12.3 Å². The van der Waals surface area contributed by atoms with Gasteiger partial charge in [-0.15, -0.1) is 0 Å². The molecule has 0 aromatic heterocycles. The van der Waals surface area contributed by atoms with E-state index in [1.54, 1.807) is 7.11 Å². The molecule has 0 aliphatic rings. The SMILES string of the molecule is CCC(Br)C(=O)NCC(C)COC. The van der Waals surface area contributed by atoms with Crippen molar-refractivity contribution in [2.24, 2.45) is 5.92 Å². The first-order chi connectivity index (χ1) is 6.11. The van der Waals surface area contributed by atoms with Gasteiger partial charge in [0.1, 0.15) is 0 Å². The number of methoxy groups -OCH3 is 1. The number of ether oxygens (including phenoxy) is 1. The Kier molecular flexibility index (Phi) is 7.28. The van der Waals surface area contributed by atoms with E-state index in [4.69, 9.17) is 4.74 Å². The highest BCUT2D eigenvalue weighted by Crippen LogP contribution is 2.04. The second kappa shape index (κ2) is 7.33. The fourth-order valence-corrected chi connectivity index (χ4v) is 1.08. The first-order valence-electron chi connectivity index (χ1n) is 4.52. The average Bonchev–Trinajstić information content (AvgIpc) is 2.13. The Hall–Kier alpha value is -0.0900. The van der Waals surface area contributed by atoms with Gasteiger partial charge >= 0.3 is 0 Å². The van der Waals surface area contributed by atoms with Crippen LogP contribution in [0.4, 0.5) is 0 Å². The number of nitrogens with one attached hydrogen (secondary N) is 1. The van der Waals surface area contributed by atoms with E-state index in [2.05, 4.69) is 21.2 Å². The zero-order chi connectivity index (χ0) is 10.3. The molecule has 2 atom stereocenters. The summed E-state index contributed by atoms with van der Waals surface area (Å²) in [5.41, 5.74) is 0. The van der Waals surface area contributed by atoms with Gasteiger partial charge in [0.15, 0.2) is 0 Å². The highest BCUT2D eigenvalue weighted by atomic mass is 79.9. The summed E-state index contributed by atoms with van der Waals surface area (Å²) in [6.45, 7) is 5.37. The molecule has 0 radical (unpaired) electrons. The van der Waals surface area contributed by atoms with Gasteiger partial charge in [-0.3, -0.25) is 4.79 Å². The summed E-state index contributed by atoms with van der Waals surface area (Å²) in [7, 11) is 1.66. The zero-order valence-corrected chi connectivity index (χ0v) is 10.1. The topological polar surface area (TPSA) is 38.3 Å². The van der Waals surface area contributed by atoms with Gasteiger partial charge in [0, 0.05) is 13.7 Å². The number of hydrogen-bond acceptors (Lipinski definition) is 2. The van der Waals surface area contributed by atoms with Crippen molar-refractivity contribution in [1.29, 1.82) is 0 Å². The van der Waals surface area contributed by atoms with Crippen molar-refractivity contribution in [1.82, 2.24) is 5.32 Å². The molecule has 0 aliphatic carbocycles. The van der Waals surface area contributed by atoms with Crippen LogP contribution in [0, 0.1) is 5.92 Å². The fraction of sp³-hybridized carbons (Fsp3) is 0.889. The van der Waals surface area contributed by atoms with Crippen molar-refractivity contribution in [3.05, 3.63) is 0 Å². The first kappa shape index (κ1) is 12.9. The van der Waals surface area contributed by atoms with Crippen molar-refractivity contribution in [3.8, 4) is 0 Å². The molecular weight excluding hydrogens is 234 g/mol. The van der Waals surface area contributed by atoms with Crippen LogP contribution in [0.15, 0.2) is 0 Å². The van der Waals surface area contributed by atoms with E-state index in [1.807, 2.05) is 13.8 Å². The Morgan fingerprint density at radius 1 is 1.62 bits per heavy atom. The Labute approximate surface area is 88.4 Å². The fourth-order valence-electron chi connectivity index (χ4n) is 0.914.